The molecule has 98 valence electrons. The standard InChI is InChI=1S/C15H15BrN2O/c1-11-7-8-14(13(16)9-11)18-15(19)10-17-12-5-3-2-4-6-12/h2-9,17H,10H2,1H3,(H,18,19). The van der Waals surface area contributed by atoms with Crippen LogP contribution < -0.4 is 10.6 Å². The summed E-state index contributed by atoms with van der Waals surface area (Å²) >= 11 is 3.44. The van der Waals surface area contributed by atoms with Gasteiger partial charge in [-0.15, -0.1) is 0 Å². The number of anilines is 2. The van der Waals surface area contributed by atoms with Crippen LogP contribution >= 0.6 is 15.9 Å². The lowest BCUT2D eigenvalue weighted by molar-refractivity contribution is -0.114. The molecular weight excluding hydrogens is 304 g/mol. The number of aryl methyl sites for hydroxylation is 1. The van der Waals surface area contributed by atoms with E-state index >= 15 is 0 Å². The Hall–Kier alpha value is -1.81. The van der Waals surface area contributed by atoms with Crippen LogP contribution in [0, 0.1) is 6.92 Å². The maximum atomic E-state index is 11.8. The molecule has 2 aromatic rings. The first-order valence-electron chi connectivity index (χ1n) is 6.00. The smallest absolute Gasteiger partial charge is 0.243 e. The molecular formula is C15H15BrN2O. The molecule has 0 radical (unpaired) electrons. The number of nitrogens with one attached hydrogen (secondary N) is 2. The van der Waals surface area contributed by atoms with E-state index in [1.54, 1.807) is 0 Å². The fraction of sp³-hybridized carbons (Fsp3) is 0.133. The monoisotopic (exact) mass is 318 g/mol. The van der Waals surface area contributed by atoms with Crippen molar-refractivity contribution in [3.05, 3.63) is 58.6 Å². The Morgan fingerprint density at radius 1 is 1.16 bits per heavy atom. The van der Waals surface area contributed by atoms with Crippen LogP contribution in [0.4, 0.5) is 11.4 Å². The quantitative estimate of drug-likeness (QED) is 0.900. The topological polar surface area (TPSA) is 41.1 Å². The van der Waals surface area contributed by atoms with Crippen molar-refractivity contribution in [3.63, 3.8) is 0 Å². The van der Waals surface area contributed by atoms with E-state index in [4.69, 9.17) is 0 Å². The van der Waals surface area contributed by atoms with Crippen LogP contribution in [0.25, 0.3) is 0 Å². The number of benzene rings is 2. The van der Waals surface area contributed by atoms with Crippen LogP contribution in [0.1, 0.15) is 5.56 Å². The van der Waals surface area contributed by atoms with Crippen LogP contribution in [0.15, 0.2) is 53.0 Å². The van der Waals surface area contributed by atoms with Gasteiger partial charge in [-0.2, -0.15) is 0 Å². The van der Waals surface area contributed by atoms with Gasteiger partial charge in [0.1, 0.15) is 0 Å². The molecule has 0 aliphatic heterocycles. The van der Waals surface area contributed by atoms with Gasteiger partial charge in [-0.05, 0) is 52.7 Å². The molecule has 19 heavy (non-hydrogen) atoms. The summed E-state index contributed by atoms with van der Waals surface area (Å²) in [5, 5.41) is 5.93. The first-order valence-corrected chi connectivity index (χ1v) is 6.79. The van der Waals surface area contributed by atoms with Crippen molar-refractivity contribution < 1.29 is 4.79 Å². The van der Waals surface area contributed by atoms with Gasteiger partial charge in [0.15, 0.2) is 0 Å². The molecule has 0 saturated heterocycles. The third-order valence-corrected chi connectivity index (χ3v) is 3.28. The van der Waals surface area contributed by atoms with Gasteiger partial charge >= 0.3 is 0 Å². The van der Waals surface area contributed by atoms with Gasteiger partial charge in [-0.25, -0.2) is 0 Å². The molecule has 0 bridgehead atoms. The number of para-hydroxylation sites is 1. The van der Waals surface area contributed by atoms with Gasteiger partial charge < -0.3 is 10.6 Å². The second-order valence-electron chi connectivity index (χ2n) is 4.25. The molecule has 2 aromatic carbocycles. The van der Waals surface area contributed by atoms with Gasteiger partial charge in [-0.1, -0.05) is 24.3 Å². The molecule has 1 amide bonds. The maximum Gasteiger partial charge on any atom is 0.243 e. The van der Waals surface area contributed by atoms with Crippen molar-refractivity contribution in [1.29, 1.82) is 0 Å². The van der Waals surface area contributed by atoms with E-state index in [9.17, 15) is 4.79 Å². The van der Waals surface area contributed by atoms with Crippen LogP contribution in [0.2, 0.25) is 0 Å². The second kappa shape index (κ2) is 6.38. The highest BCUT2D eigenvalue weighted by Gasteiger charge is 2.05. The summed E-state index contributed by atoms with van der Waals surface area (Å²) in [5.74, 6) is -0.0755. The van der Waals surface area contributed by atoms with Crippen molar-refractivity contribution in [2.24, 2.45) is 0 Å². The molecule has 0 fully saturated rings. The van der Waals surface area contributed by atoms with Crippen molar-refractivity contribution >= 4 is 33.2 Å². The Balaban J connectivity index is 1.91. The Morgan fingerprint density at radius 2 is 1.89 bits per heavy atom. The maximum absolute atomic E-state index is 11.8. The number of hydrogen-bond acceptors (Lipinski definition) is 2. The van der Waals surface area contributed by atoms with Gasteiger partial charge in [0.25, 0.3) is 0 Å². The van der Waals surface area contributed by atoms with Gasteiger partial charge in [0.2, 0.25) is 5.91 Å². The Kier molecular flexibility index (Phi) is 4.58. The normalized spacial score (nSPS) is 10.0. The lowest BCUT2D eigenvalue weighted by atomic mass is 10.2. The molecule has 0 saturated carbocycles. The summed E-state index contributed by atoms with van der Waals surface area (Å²) in [6, 6.07) is 15.5. The molecule has 2 N–H and O–H groups in total. The minimum Gasteiger partial charge on any atom is -0.376 e. The lowest BCUT2D eigenvalue weighted by Gasteiger charge is -2.09. The Bertz CT molecular complexity index is 570. The third-order valence-electron chi connectivity index (χ3n) is 2.63. The molecule has 0 spiro atoms. The SMILES string of the molecule is Cc1ccc(NC(=O)CNc2ccccc2)c(Br)c1. The summed E-state index contributed by atoms with van der Waals surface area (Å²) in [4.78, 5) is 11.8. The Labute approximate surface area is 121 Å². The van der Waals surface area contributed by atoms with E-state index in [0.29, 0.717) is 0 Å². The third kappa shape index (κ3) is 4.10. The Morgan fingerprint density at radius 3 is 2.58 bits per heavy atom. The zero-order valence-electron chi connectivity index (χ0n) is 10.6. The zero-order chi connectivity index (χ0) is 13.7. The fourth-order valence-corrected chi connectivity index (χ4v) is 2.25. The van der Waals surface area contributed by atoms with E-state index in [1.807, 2.05) is 55.5 Å². The second-order valence-corrected chi connectivity index (χ2v) is 5.11. The number of halogens is 1. The number of rotatable bonds is 4. The highest BCUT2D eigenvalue weighted by molar-refractivity contribution is 9.10. The summed E-state index contributed by atoms with van der Waals surface area (Å²) in [7, 11) is 0. The average Bonchev–Trinajstić information content (AvgIpc) is 2.41. The van der Waals surface area contributed by atoms with Crippen LogP contribution in [0.3, 0.4) is 0 Å². The van der Waals surface area contributed by atoms with E-state index in [0.717, 1.165) is 21.4 Å². The summed E-state index contributed by atoms with van der Waals surface area (Å²) in [5.41, 5.74) is 2.86. The molecule has 0 atom stereocenters. The summed E-state index contributed by atoms with van der Waals surface area (Å²) < 4.78 is 0.889. The minimum atomic E-state index is -0.0755. The molecule has 4 heteroatoms. The first-order chi connectivity index (χ1) is 9.15. The van der Waals surface area contributed by atoms with E-state index in [1.165, 1.54) is 0 Å². The predicted molar refractivity (Wildman–Crippen MR) is 82.4 cm³/mol. The van der Waals surface area contributed by atoms with Crippen molar-refractivity contribution in [1.82, 2.24) is 0 Å². The van der Waals surface area contributed by atoms with E-state index < -0.39 is 0 Å². The number of carbonyl (C=O) groups excluding carboxylic acids is 1. The summed E-state index contributed by atoms with van der Waals surface area (Å²) in [6.45, 7) is 2.25. The van der Waals surface area contributed by atoms with Gasteiger partial charge in [0.05, 0.1) is 12.2 Å². The van der Waals surface area contributed by atoms with E-state index in [-0.39, 0.29) is 12.5 Å². The van der Waals surface area contributed by atoms with Gasteiger partial charge in [0, 0.05) is 10.2 Å². The molecule has 0 aromatic heterocycles. The molecule has 2 rings (SSSR count). The largest absolute Gasteiger partial charge is 0.376 e. The first kappa shape index (κ1) is 13.6. The highest BCUT2D eigenvalue weighted by atomic mass is 79.9. The molecule has 0 heterocycles. The number of carbonyl (C=O) groups is 1. The molecule has 0 aliphatic rings. The fourth-order valence-electron chi connectivity index (χ4n) is 1.65. The van der Waals surface area contributed by atoms with Crippen LogP contribution in [0.5, 0.6) is 0 Å². The predicted octanol–water partition coefficient (Wildman–Crippen LogP) is 3.81. The minimum absolute atomic E-state index is 0.0755. The van der Waals surface area contributed by atoms with E-state index in [2.05, 4.69) is 26.6 Å². The number of hydrogen-bond donors (Lipinski definition) is 2. The van der Waals surface area contributed by atoms with Crippen molar-refractivity contribution in [2.45, 2.75) is 6.92 Å². The van der Waals surface area contributed by atoms with Gasteiger partial charge in [-0.3, -0.25) is 4.79 Å². The molecule has 3 nitrogen and oxygen atoms in total. The molecule has 0 unspecified atom stereocenters. The zero-order valence-corrected chi connectivity index (χ0v) is 12.2. The van der Waals surface area contributed by atoms with Crippen molar-refractivity contribution in [2.75, 3.05) is 17.2 Å². The highest BCUT2D eigenvalue weighted by Crippen LogP contribution is 2.23. The van der Waals surface area contributed by atoms with Crippen LogP contribution in [-0.4, -0.2) is 12.5 Å². The molecule has 0 aliphatic carbocycles. The lowest BCUT2D eigenvalue weighted by Crippen LogP contribution is -2.21. The average molecular weight is 319 g/mol. The van der Waals surface area contributed by atoms with Crippen molar-refractivity contribution in [3.8, 4) is 0 Å². The van der Waals surface area contributed by atoms with Crippen LogP contribution in [-0.2, 0) is 4.79 Å². The summed E-state index contributed by atoms with van der Waals surface area (Å²) in [6.07, 6.45) is 0. The number of amides is 1.